The smallest absolute Gasteiger partial charge is 0.233 e. The minimum absolute atomic E-state index is 0.0241. The van der Waals surface area contributed by atoms with Gasteiger partial charge in [0.15, 0.2) is 0 Å². The van der Waals surface area contributed by atoms with E-state index in [1.165, 1.54) is 23.9 Å². The van der Waals surface area contributed by atoms with E-state index in [1.807, 2.05) is 13.2 Å². The number of carbonyl (C=O) groups excluding carboxylic acids is 1. The second kappa shape index (κ2) is 7.11. The quantitative estimate of drug-likeness (QED) is 0.883. The number of rotatable bonds is 5. The summed E-state index contributed by atoms with van der Waals surface area (Å²) in [4.78, 5) is 12.1. The average molecular weight is 297 g/mol. The molecule has 4 heteroatoms. The van der Waals surface area contributed by atoms with Crippen molar-refractivity contribution >= 4 is 17.7 Å². The van der Waals surface area contributed by atoms with Gasteiger partial charge in [-0.05, 0) is 42.7 Å². The molecular weight excluding hydrogens is 273 g/mol. The van der Waals surface area contributed by atoms with Crippen molar-refractivity contribution in [1.82, 2.24) is 5.32 Å². The third-order valence-electron chi connectivity index (χ3n) is 3.13. The van der Waals surface area contributed by atoms with Crippen molar-refractivity contribution in [1.29, 1.82) is 0 Å². The highest BCUT2D eigenvalue weighted by atomic mass is 32.2. The SMILES string of the molecule is CS[C@@H](C)C(=O)N[C@@H](CC(C)(C)C)c1ccc(F)cc1. The highest BCUT2D eigenvalue weighted by Crippen LogP contribution is 2.29. The number of benzene rings is 1. The molecule has 0 fully saturated rings. The highest BCUT2D eigenvalue weighted by Gasteiger charge is 2.23. The zero-order chi connectivity index (χ0) is 15.3. The monoisotopic (exact) mass is 297 g/mol. The summed E-state index contributed by atoms with van der Waals surface area (Å²) < 4.78 is 13.0. The minimum Gasteiger partial charge on any atom is -0.348 e. The zero-order valence-electron chi connectivity index (χ0n) is 12.9. The summed E-state index contributed by atoms with van der Waals surface area (Å²) in [6, 6.07) is 6.29. The lowest BCUT2D eigenvalue weighted by molar-refractivity contribution is -0.121. The largest absolute Gasteiger partial charge is 0.348 e. The summed E-state index contributed by atoms with van der Waals surface area (Å²) in [6.45, 7) is 8.29. The summed E-state index contributed by atoms with van der Waals surface area (Å²) in [5, 5.41) is 2.99. The standard InChI is InChI=1S/C16H24FNOS/c1-11(20-5)15(19)18-14(10-16(2,3)4)12-6-8-13(17)9-7-12/h6-9,11,14H,10H2,1-5H3,(H,18,19)/t11-,14-/m0/s1. The first-order valence-electron chi connectivity index (χ1n) is 6.81. The second-order valence-electron chi connectivity index (χ2n) is 6.26. The van der Waals surface area contributed by atoms with Crippen LogP contribution in [0.25, 0.3) is 0 Å². The Hall–Kier alpha value is -1.03. The molecule has 0 saturated carbocycles. The number of halogens is 1. The fraction of sp³-hybridized carbons (Fsp3) is 0.562. The molecule has 1 N–H and O–H groups in total. The van der Waals surface area contributed by atoms with Crippen LogP contribution in [0, 0.1) is 11.2 Å². The number of hydrogen-bond acceptors (Lipinski definition) is 2. The molecule has 0 unspecified atom stereocenters. The summed E-state index contributed by atoms with van der Waals surface area (Å²) >= 11 is 1.52. The summed E-state index contributed by atoms with van der Waals surface area (Å²) in [5.41, 5.74) is 1.03. The molecule has 1 aromatic carbocycles. The van der Waals surface area contributed by atoms with E-state index in [-0.39, 0.29) is 28.4 Å². The predicted octanol–water partition coefficient (Wildman–Crippen LogP) is 4.17. The highest BCUT2D eigenvalue weighted by molar-refractivity contribution is 7.99. The Morgan fingerprint density at radius 3 is 2.30 bits per heavy atom. The van der Waals surface area contributed by atoms with Crippen molar-refractivity contribution < 1.29 is 9.18 Å². The van der Waals surface area contributed by atoms with E-state index in [1.54, 1.807) is 12.1 Å². The van der Waals surface area contributed by atoms with Crippen molar-refractivity contribution in [2.24, 2.45) is 5.41 Å². The van der Waals surface area contributed by atoms with E-state index in [0.717, 1.165) is 12.0 Å². The van der Waals surface area contributed by atoms with Crippen LogP contribution in [0.15, 0.2) is 24.3 Å². The fourth-order valence-corrected chi connectivity index (χ4v) is 2.24. The molecule has 0 radical (unpaired) electrons. The Bertz CT molecular complexity index is 439. The lowest BCUT2D eigenvalue weighted by Crippen LogP contribution is -2.36. The van der Waals surface area contributed by atoms with Gasteiger partial charge in [0.05, 0.1) is 11.3 Å². The van der Waals surface area contributed by atoms with Crippen LogP contribution in [0.1, 0.15) is 45.7 Å². The summed E-state index contributed by atoms with van der Waals surface area (Å²) in [6.07, 6.45) is 2.73. The molecule has 1 aromatic rings. The first-order valence-corrected chi connectivity index (χ1v) is 8.10. The van der Waals surface area contributed by atoms with Crippen molar-refractivity contribution in [3.8, 4) is 0 Å². The average Bonchev–Trinajstić information content (AvgIpc) is 2.36. The van der Waals surface area contributed by atoms with Crippen molar-refractivity contribution in [3.05, 3.63) is 35.6 Å². The number of amides is 1. The number of hydrogen-bond donors (Lipinski definition) is 1. The Labute approximate surface area is 125 Å². The zero-order valence-corrected chi connectivity index (χ0v) is 13.7. The molecule has 112 valence electrons. The molecule has 20 heavy (non-hydrogen) atoms. The minimum atomic E-state index is -0.257. The van der Waals surface area contributed by atoms with Crippen LogP contribution >= 0.6 is 11.8 Å². The fourth-order valence-electron chi connectivity index (χ4n) is 1.96. The van der Waals surface area contributed by atoms with Gasteiger partial charge in [-0.25, -0.2) is 4.39 Å². The van der Waals surface area contributed by atoms with Crippen LogP contribution in [0.5, 0.6) is 0 Å². The van der Waals surface area contributed by atoms with Crippen molar-refractivity contribution in [3.63, 3.8) is 0 Å². The Balaban J connectivity index is 2.91. The topological polar surface area (TPSA) is 29.1 Å². The van der Waals surface area contributed by atoms with Crippen LogP contribution in [0.3, 0.4) is 0 Å². The van der Waals surface area contributed by atoms with Crippen molar-refractivity contribution in [2.75, 3.05) is 6.26 Å². The predicted molar refractivity (Wildman–Crippen MR) is 84.3 cm³/mol. The molecule has 0 heterocycles. The van der Waals surface area contributed by atoms with Crippen LogP contribution in [-0.2, 0) is 4.79 Å². The van der Waals surface area contributed by atoms with Crippen LogP contribution in [0.4, 0.5) is 4.39 Å². The van der Waals surface area contributed by atoms with Gasteiger partial charge in [-0.2, -0.15) is 11.8 Å². The molecule has 0 aromatic heterocycles. The molecule has 2 nitrogen and oxygen atoms in total. The van der Waals surface area contributed by atoms with Crippen LogP contribution in [0.2, 0.25) is 0 Å². The maximum Gasteiger partial charge on any atom is 0.233 e. The van der Waals surface area contributed by atoms with E-state index < -0.39 is 0 Å². The van der Waals surface area contributed by atoms with E-state index in [2.05, 4.69) is 26.1 Å². The normalized spacial score (nSPS) is 14.7. The van der Waals surface area contributed by atoms with Crippen LogP contribution in [-0.4, -0.2) is 17.4 Å². The molecule has 0 aliphatic heterocycles. The Morgan fingerprint density at radius 2 is 1.85 bits per heavy atom. The summed E-state index contributed by atoms with van der Waals surface area (Å²) in [7, 11) is 0. The van der Waals surface area contributed by atoms with Gasteiger partial charge in [-0.15, -0.1) is 0 Å². The molecule has 1 amide bonds. The third-order valence-corrected chi connectivity index (χ3v) is 4.05. The van der Waals surface area contributed by atoms with Crippen LogP contribution < -0.4 is 5.32 Å². The van der Waals surface area contributed by atoms with E-state index >= 15 is 0 Å². The molecule has 0 spiro atoms. The maximum atomic E-state index is 13.0. The third kappa shape index (κ3) is 5.53. The lowest BCUT2D eigenvalue weighted by Gasteiger charge is -2.28. The van der Waals surface area contributed by atoms with Gasteiger partial charge in [-0.1, -0.05) is 32.9 Å². The molecule has 0 aliphatic carbocycles. The molecular formula is C16H24FNOS. The van der Waals surface area contributed by atoms with Gasteiger partial charge in [0, 0.05) is 0 Å². The van der Waals surface area contributed by atoms with Gasteiger partial charge in [0.2, 0.25) is 5.91 Å². The first kappa shape index (κ1) is 17.0. The van der Waals surface area contributed by atoms with Gasteiger partial charge in [0.25, 0.3) is 0 Å². The number of carbonyl (C=O) groups is 1. The Kier molecular flexibility index (Phi) is 6.06. The lowest BCUT2D eigenvalue weighted by atomic mass is 9.85. The van der Waals surface area contributed by atoms with Crippen molar-refractivity contribution in [2.45, 2.75) is 45.4 Å². The molecule has 0 saturated heterocycles. The molecule has 0 aliphatic rings. The first-order chi connectivity index (χ1) is 9.23. The van der Waals surface area contributed by atoms with Gasteiger partial charge in [0.1, 0.15) is 5.82 Å². The van der Waals surface area contributed by atoms with Gasteiger partial charge in [-0.3, -0.25) is 4.79 Å². The Morgan fingerprint density at radius 1 is 1.30 bits per heavy atom. The second-order valence-corrected chi connectivity index (χ2v) is 7.43. The molecule has 0 bridgehead atoms. The molecule has 2 atom stereocenters. The van der Waals surface area contributed by atoms with E-state index in [9.17, 15) is 9.18 Å². The van der Waals surface area contributed by atoms with Gasteiger partial charge >= 0.3 is 0 Å². The number of thioether (sulfide) groups is 1. The van der Waals surface area contributed by atoms with E-state index in [0.29, 0.717) is 0 Å². The molecule has 1 rings (SSSR count). The number of nitrogens with one attached hydrogen (secondary N) is 1. The van der Waals surface area contributed by atoms with E-state index in [4.69, 9.17) is 0 Å². The summed E-state index contributed by atoms with van der Waals surface area (Å²) in [5.74, 6) is -0.233. The maximum absolute atomic E-state index is 13.0. The van der Waals surface area contributed by atoms with Gasteiger partial charge < -0.3 is 5.32 Å².